The maximum Gasteiger partial charge on any atom is 0.137 e. The van der Waals surface area contributed by atoms with Gasteiger partial charge in [0, 0.05) is 23.3 Å². The zero-order chi connectivity index (χ0) is 11.1. The quantitative estimate of drug-likeness (QED) is 0.818. The molecule has 0 amide bonds. The fraction of sp³-hybridized carbons (Fsp3) is 0.364. The summed E-state index contributed by atoms with van der Waals surface area (Å²) in [6, 6.07) is 3.82. The lowest BCUT2D eigenvalue weighted by molar-refractivity contribution is 0.215. The fourth-order valence-corrected chi connectivity index (χ4v) is 1.89. The molecule has 0 aliphatic carbocycles. The highest BCUT2D eigenvalue weighted by Crippen LogP contribution is 2.18. The highest BCUT2D eigenvalue weighted by atomic mass is 79.9. The van der Waals surface area contributed by atoms with E-state index in [4.69, 9.17) is 0 Å². The minimum Gasteiger partial charge on any atom is -0.306 e. The van der Waals surface area contributed by atoms with Crippen LogP contribution in [0.2, 0.25) is 0 Å². The van der Waals surface area contributed by atoms with Crippen molar-refractivity contribution in [2.45, 2.75) is 25.9 Å². The maximum atomic E-state index is 13.4. The van der Waals surface area contributed by atoms with Crippen molar-refractivity contribution in [1.29, 1.82) is 0 Å². The van der Waals surface area contributed by atoms with Crippen molar-refractivity contribution in [2.75, 3.05) is 0 Å². The topological polar surface area (TPSA) is 17.3 Å². The van der Waals surface area contributed by atoms with Crippen molar-refractivity contribution in [3.8, 4) is 0 Å². The van der Waals surface area contributed by atoms with Gasteiger partial charge in [0.2, 0.25) is 0 Å². The van der Waals surface area contributed by atoms with E-state index in [1.807, 2.05) is 28.9 Å². The second-order valence-electron chi connectivity index (χ2n) is 4.24. The Balaban J connectivity index is 2.39. The molecule has 0 aliphatic heterocycles. The van der Waals surface area contributed by atoms with Gasteiger partial charge >= 0.3 is 0 Å². The van der Waals surface area contributed by atoms with Gasteiger partial charge in [0.15, 0.2) is 0 Å². The number of imidazole rings is 1. The highest BCUT2D eigenvalue weighted by Gasteiger charge is 2.18. The van der Waals surface area contributed by atoms with Crippen molar-refractivity contribution >= 4 is 21.6 Å². The predicted molar refractivity (Wildman–Crippen MR) is 61.8 cm³/mol. The lowest BCUT2D eigenvalue weighted by Crippen LogP contribution is -2.15. The predicted octanol–water partition coefficient (Wildman–Crippen LogP) is 3.39. The number of hydrogen-bond donors (Lipinski definition) is 0. The van der Waals surface area contributed by atoms with Crippen molar-refractivity contribution in [3.63, 3.8) is 0 Å². The Morgan fingerprint density at radius 3 is 2.80 bits per heavy atom. The molecule has 0 spiro atoms. The highest BCUT2D eigenvalue weighted by molar-refractivity contribution is 9.10. The van der Waals surface area contributed by atoms with Gasteiger partial charge in [0.1, 0.15) is 11.3 Å². The summed E-state index contributed by atoms with van der Waals surface area (Å²) in [6.07, 6.45) is 4.12. The lowest BCUT2D eigenvalue weighted by atomic mass is 10.1. The number of hydrogen-bond acceptors (Lipinski definition) is 1. The molecule has 0 atom stereocenters. The first-order chi connectivity index (χ1) is 6.94. The van der Waals surface area contributed by atoms with Crippen molar-refractivity contribution in [1.82, 2.24) is 9.38 Å². The molecular formula is C11H12BrFN2. The Morgan fingerprint density at radius 1 is 1.40 bits per heavy atom. The van der Waals surface area contributed by atoms with E-state index in [0.29, 0.717) is 6.42 Å². The van der Waals surface area contributed by atoms with E-state index in [-0.39, 0.29) is 0 Å². The first-order valence-electron chi connectivity index (χ1n) is 4.76. The van der Waals surface area contributed by atoms with E-state index in [1.54, 1.807) is 13.8 Å². The van der Waals surface area contributed by atoms with Gasteiger partial charge in [-0.15, -0.1) is 0 Å². The Kier molecular flexibility index (Phi) is 2.54. The standard InChI is InChI=1S/C11H12BrFN2/c1-11(2,13)5-9-7-15-6-8(12)3-4-10(15)14-9/h3-4,6-7H,5H2,1-2H3. The molecule has 80 valence electrons. The van der Waals surface area contributed by atoms with Gasteiger partial charge in [-0.05, 0) is 41.9 Å². The summed E-state index contributed by atoms with van der Waals surface area (Å²) in [7, 11) is 0. The number of rotatable bonds is 2. The van der Waals surface area contributed by atoms with Crippen molar-refractivity contribution in [3.05, 3.63) is 34.7 Å². The number of fused-ring (bicyclic) bond motifs is 1. The van der Waals surface area contributed by atoms with Crippen molar-refractivity contribution in [2.24, 2.45) is 0 Å². The number of nitrogens with zero attached hydrogens (tertiary/aromatic N) is 2. The van der Waals surface area contributed by atoms with Crippen LogP contribution in [0.15, 0.2) is 29.0 Å². The smallest absolute Gasteiger partial charge is 0.137 e. The summed E-state index contributed by atoms with van der Waals surface area (Å²) in [5, 5.41) is 0. The van der Waals surface area contributed by atoms with E-state index >= 15 is 0 Å². The monoisotopic (exact) mass is 270 g/mol. The fourth-order valence-electron chi connectivity index (χ4n) is 1.53. The first-order valence-corrected chi connectivity index (χ1v) is 5.55. The maximum absolute atomic E-state index is 13.4. The Labute approximate surface area is 96.3 Å². The van der Waals surface area contributed by atoms with Gasteiger partial charge in [-0.3, -0.25) is 0 Å². The van der Waals surface area contributed by atoms with E-state index in [1.165, 1.54) is 0 Å². The van der Waals surface area contributed by atoms with E-state index in [0.717, 1.165) is 15.8 Å². The molecule has 0 N–H and O–H groups in total. The molecule has 0 aliphatic rings. The Hall–Kier alpha value is -0.900. The summed E-state index contributed by atoms with van der Waals surface area (Å²) in [6.45, 7) is 3.12. The van der Waals surface area contributed by atoms with E-state index < -0.39 is 5.67 Å². The zero-order valence-electron chi connectivity index (χ0n) is 8.67. The largest absolute Gasteiger partial charge is 0.306 e. The van der Waals surface area contributed by atoms with Gasteiger partial charge in [0.05, 0.1) is 5.69 Å². The molecule has 2 aromatic heterocycles. The summed E-state index contributed by atoms with van der Waals surface area (Å²) in [5.74, 6) is 0. The van der Waals surface area contributed by atoms with Gasteiger partial charge < -0.3 is 4.40 Å². The average Bonchev–Trinajstić information content (AvgIpc) is 2.42. The molecule has 2 rings (SSSR count). The third kappa shape index (κ3) is 2.56. The molecule has 2 heterocycles. The number of pyridine rings is 1. The van der Waals surface area contributed by atoms with Gasteiger partial charge in [-0.25, -0.2) is 9.37 Å². The first kappa shape index (κ1) is 10.6. The normalized spacial score (nSPS) is 12.3. The van der Waals surface area contributed by atoms with Crippen LogP contribution in [0.3, 0.4) is 0 Å². The molecule has 0 bridgehead atoms. The van der Waals surface area contributed by atoms with Crippen LogP contribution in [0, 0.1) is 0 Å². The number of halogens is 2. The molecule has 0 radical (unpaired) electrons. The third-order valence-corrected chi connectivity index (χ3v) is 2.54. The van der Waals surface area contributed by atoms with Gasteiger partial charge in [0.25, 0.3) is 0 Å². The molecule has 15 heavy (non-hydrogen) atoms. The Bertz CT molecular complexity index is 485. The molecule has 0 unspecified atom stereocenters. The van der Waals surface area contributed by atoms with Crippen LogP contribution in [-0.2, 0) is 6.42 Å². The van der Waals surface area contributed by atoms with Crippen LogP contribution in [0.1, 0.15) is 19.5 Å². The number of alkyl halides is 1. The minimum atomic E-state index is -1.21. The number of aromatic nitrogens is 2. The van der Waals surface area contributed by atoms with E-state index in [9.17, 15) is 4.39 Å². The average molecular weight is 271 g/mol. The van der Waals surface area contributed by atoms with Gasteiger partial charge in [-0.2, -0.15) is 0 Å². The Morgan fingerprint density at radius 2 is 2.13 bits per heavy atom. The SMILES string of the molecule is CC(C)(F)Cc1cn2cc(Br)ccc2n1. The van der Waals surface area contributed by atoms with Gasteiger partial charge in [-0.1, -0.05) is 0 Å². The summed E-state index contributed by atoms with van der Waals surface area (Å²) in [4.78, 5) is 4.34. The second-order valence-corrected chi connectivity index (χ2v) is 5.16. The summed E-state index contributed by atoms with van der Waals surface area (Å²) < 4.78 is 16.3. The van der Waals surface area contributed by atoms with Crippen LogP contribution in [-0.4, -0.2) is 15.1 Å². The zero-order valence-corrected chi connectivity index (χ0v) is 10.3. The molecule has 2 nitrogen and oxygen atoms in total. The van der Waals surface area contributed by atoms with Crippen LogP contribution >= 0.6 is 15.9 Å². The van der Waals surface area contributed by atoms with Crippen LogP contribution in [0.4, 0.5) is 4.39 Å². The minimum absolute atomic E-state index is 0.340. The van der Waals surface area contributed by atoms with Crippen molar-refractivity contribution < 1.29 is 4.39 Å². The lowest BCUT2D eigenvalue weighted by Gasteiger charge is -2.10. The molecule has 4 heteroatoms. The molecule has 0 saturated carbocycles. The summed E-state index contributed by atoms with van der Waals surface area (Å²) in [5.41, 5.74) is 0.410. The third-order valence-electron chi connectivity index (χ3n) is 2.07. The van der Waals surface area contributed by atoms with Crippen LogP contribution in [0.25, 0.3) is 5.65 Å². The van der Waals surface area contributed by atoms with E-state index in [2.05, 4.69) is 20.9 Å². The second kappa shape index (κ2) is 3.59. The molecule has 2 aromatic rings. The molecule has 0 aromatic carbocycles. The molecule has 0 saturated heterocycles. The van der Waals surface area contributed by atoms with Crippen LogP contribution < -0.4 is 0 Å². The molecular weight excluding hydrogens is 259 g/mol. The molecule has 0 fully saturated rings. The summed E-state index contributed by atoms with van der Waals surface area (Å²) >= 11 is 3.38. The van der Waals surface area contributed by atoms with Crippen LogP contribution in [0.5, 0.6) is 0 Å².